The number of aliphatic imine (C=N–C) groups is 1. The average molecular weight is 451 g/mol. The van der Waals surface area contributed by atoms with Gasteiger partial charge >= 0.3 is 0 Å². The second-order valence-corrected chi connectivity index (χ2v) is 6.03. The number of hydrogen-bond donors (Lipinski definition) is 2. The molecule has 1 fully saturated rings. The van der Waals surface area contributed by atoms with Gasteiger partial charge in [0.15, 0.2) is 11.8 Å². The fourth-order valence-corrected chi connectivity index (χ4v) is 2.53. The second kappa shape index (κ2) is 8.60. The number of piperazine rings is 1. The van der Waals surface area contributed by atoms with E-state index in [-0.39, 0.29) is 29.9 Å². The maximum atomic E-state index is 11.6. The molecule has 1 aromatic rings. The number of halogens is 1. The molecule has 1 aliphatic rings. The molecular weight excluding hydrogens is 425 g/mol. The number of nitrogens with zero attached hydrogens (tertiary/aromatic N) is 5. The quantitative estimate of drug-likeness (QED) is 0.375. The smallest absolute Gasteiger partial charge is 0.246 e. The zero-order valence-corrected chi connectivity index (χ0v) is 16.9. The molecule has 1 saturated heterocycles. The third kappa shape index (κ3) is 4.79. The van der Waals surface area contributed by atoms with E-state index in [1.807, 2.05) is 13.8 Å². The van der Waals surface area contributed by atoms with E-state index < -0.39 is 5.54 Å². The van der Waals surface area contributed by atoms with E-state index in [0.717, 1.165) is 32.1 Å². The minimum Gasteiger partial charge on any atom is -0.368 e. The van der Waals surface area contributed by atoms with Gasteiger partial charge in [-0.15, -0.1) is 24.0 Å². The number of carbonyl (C=O) groups excluding carboxylic acids is 1. The molecule has 136 valence electrons. The van der Waals surface area contributed by atoms with Crippen LogP contribution in [0.25, 0.3) is 0 Å². The first-order valence-electron chi connectivity index (χ1n) is 7.64. The van der Waals surface area contributed by atoms with Gasteiger partial charge in [0.1, 0.15) is 0 Å². The van der Waals surface area contributed by atoms with Gasteiger partial charge in [-0.25, -0.2) is 0 Å². The molecule has 0 bridgehead atoms. The fraction of sp³-hybridized carbons (Fsp3) is 0.714. The van der Waals surface area contributed by atoms with Crippen LogP contribution in [-0.4, -0.2) is 70.6 Å². The van der Waals surface area contributed by atoms with Crippen molar-refractivity contribution in [2.24, 2.45) is 10.7 Å². The first-order chi connectivity index (χ1) is 10.8. The van der Waals surface area contributed by atoms with Crippen molar-refractivity contribution in [2.45, 2.75) is 32.9 Å². The van der Waals surface area contributed by atoms with E-state index in [1.54, 1.807) is 14.0 Å². The Morgan fingerprint density at radius 3 is 2.46 bits per heavy atom. The lowest BCUT2D eigenvalue weighted by Crippen LogP contribution is -2.61. The zero-order valence-electron chi connectivity index (χ0n) is 14.6. The molecule has 1 aliphatic heterocycles. The van der Waals surface area contributed by atoms with Gasteiger partial charge in [0.05, 0.1) is 12.1 Å². The highest BCUT2D eigenvalue weighted by molar-refractivity contribution is 14.0. The SMILES string of the molecule is CN=C(NCc1nc(C)no1)N1CCN(C(C)(C)C(N)=O)CC1.I. The van der Waals surface area contributed by atoms with Crippen molar-refractivity contribution in [1.29, 1.82) is 0 Å². The highest BCUT2D eigenvalue weighted by Gasteiger charge is 2.35. The maximum absolute atomic E-state index is 11.6. The minimum atomic E-state index is -0.635. The van der Waals surface area contributed by atoms with Crippen LogP contribution < -0.4 is 11.1 Å². The lowest BCUT2D eigenvalue weighted by atomic mass is 10.0. The number of aryl methyl sites for hydroxylation is 1. The number of hydrogen-bond acceptors (Lipinski definition) is 6. The van der Waals surface area contributed by atoms with Crippen LogP contribution in [0.4, 0.5) is 0 Å². The molecule has 1 amide bonds. The Labute approximate surface area is 159 Å². The molecule has 0 saturated carbocycles. The van der Waals surface area contributed by atoms with Crippen LogP contribution in [0, 0.1) is 6.92 Å². The topological polar surface area (TPSA) is 113 Å². The summed E-state index contributed by atoms with van der Waals surface area (Å²) >= 11 is 0. The predicted molar refractivity (Wildman–Crippen MR) is 101 cm³/mol. The molecular formula is C14H26IN7O2. The summed E-state index contributed by atoms with van der Waals surface area (Å²) < 4.78 is 5.08. The van der Waals surface area contributed by atoms with Crippen molar-refractivity contribution in [2.75, 3.05) is 33.2 Å². The Balaban J connectivity index is 0.00000288. The van der Waals surface area contributed by atoms with Crippen LogP contribution in [0.5, 0.6) is 0 Å². The van der Waals surface area contributed by atoms with Gasteiger partial charge in [-0.3, -0.25) is 14.7 Å². The van der Waals surface area contributed by atoms with E-state index >= 15 is 0 Å². The van der Waals surface area contributed by atoms with Crippen molar-refractivity contribution in [1.82, 2.24) is 25.3 Å². The van der Waals surface area contributed by atoms with Gasteiger partial charge in [0.2, 0.25) is 11.8 Å². The summed E-state index contributed by atoms with van der Waals surface area (Å²) in [6.45, 7) is 8.94. The van der Waals surface area contributed by atoms with E-state index in [4.69, 9.17) is 10.3 Å². The Kier molecular flexibility index (Phi) is 7.39. The molecule has 0 spiro atoms. The Hall–Kier alpha value is -1.43. The third-order valence-electron chi connectivity index (χ3n) is 4.15. The predicted octanol–water partition coefficient (Wildman–Crippen LogP) is -0.0471. The Morgan fingerprint density at radius 1 is 1.38 bits per heavy atom. The van der Waals surface area contributed by atoms with E-state index in [9.17, 15) is 4.79 Å². The lowest BCUT2D eigenvalue weighted by Gasteiger charge is -2.43. The zero-order chi connectivity index (χ0) is 17.0. The van der Waals surface area contributed by atoms with Crippen molar-refractivity contribution in [3.05, 3.63) is 11.7 Å². The summed E-state index contributed by atoms with van der Waals surface area (Å²) in [6.07, 6.45) is 0. The molecule has 2 rings (SSSR count). The fourth-order valence-electron chi connectivity index (χ4n) is 2.53. The van der Waals surface area contributed by atoms with Crippen LogP contribution in [0.3, 0.4) is 0 Å². The van der Waals surface area contributed by atoms with E-state index in [2.05, 4.69) is 30.2 Å². The van der Waals surface area contributed by atoms with Crippen LogP contribution in [0.1, 0.15) is 25.6 Å². The number of primary amides is 1. The second-order valence-electron chi connectivity index (χ2n) is 6.03. The number of guanidine groups is 1. The first-order valence-corrected chi connectivity index (χ1v) is 7.64. The summed E-state index contributed by atoms with van der Waals surface area (Å²) in [6, 6.07) is 0. The summed E-state index contributed by atoms with van der Waals surface area (Å²) in [7, 11) is 1.74. The van der Waals surface area contributed by atoms with Crippen molar-refractivity contribution in [3.8, 4) is 0 Å². The van der Waals surface area contributed by atoms with E-state index in [1.165, 1.54) is 0 Å². The molecule has 0 unspecified atom stereocenters. The highest BCUT2D eigenvalue weighted by Crippen LogP contribution is 2.16. The summed E-state index contributed by atoms with van der Waals surface area (Å²) in [4.78, 5) is 24.2. The van der Waals surface area contributed by atoms with Gasteiger partial charge in [-0.1, -0.05) is 5.16 Å². The molecule has 24 heavy (non-hydrogen) atoms. The van der Waals surface area contributed by atoms with Crippen LogP contribution in [0.15, 0.2) is 9.52 Å². The minimum absolute atomic E-state index is 0. The number of rotatable bonds is 4. The van der Waals surface area contributed by atoms with Crippen LogP contribution in [-0.2, 0) is 11.3 Å². The van der Waals surface area contributed by atoms with Crippen molar-refractivity contribution >= 4 is 35.8 Å². The number of aromatic nitrogens is 2. The average Bonchev–Trinajstić information content (AvgIpc) is 2.94. The Morgan fingerprint density at radius 2 is 2.00 bits per heavy atom. The lowest BCUT2D eigenvalue weighted by molar-refractivity contribution is -0.129. The normalized spacial score (nSPS) is 16.7. The number of nitrogens with two attached hydrogens (primary N) is 1. The molecule has 10 heteroatoms. The molecule has 1 aromatic heterocycles. The summed E-state index contributed by atoms with van der Waals surface area (Å²) in [5, 5.41) is 6.97. The van der Waals surface area contributed by atoms with Gasteiger partial charge in [-0.2, -0.15) is 4.98 Å². The number of nitrogens with one attached hydrogen (secondary N) is 1. The Bertz CT molecular complexity index is 579. The van der Waals surface area contributed by atoms with Crippen LogP contribution in [0.2, 0.25) is 0 Å². The molecule has 2 heterocycles. The number of carbonyl (C=O) groups is 1. The maximum Gasteiger partial charge on any atom is 0.246 e. The standard InChI is InChI=1S/C14H25N7O2.HI/c1-10-18-11(23-19-10)9-17-13(16-4)20-5-7-21(8-6-20)14(2,3)12(15)22;/h5-9H2,1-4H3,(H2,15,22)(H,16,17);1H. The molecule has 0 aliphatic carbocycles. The largest absolute Gasteiger partial charge is 0.368 e. The summed E-state index contributed by atoms with van der Waals surface area (Å²) in [5.41, 5.74) is 4.85. The molecule has 9 nitrogen and oxygen atoms in total. The van der Waals surface area contributed by atoms with Crippen molar-refractivity contribution in [3.63, 3.8) is 0 Å². The highest BCUT2D eigenvalue weighted by atomic mass is 127. The molecule has 0 radical (unpaired) electrons. The number of amides is 1. The monoisotopic (exact) mass is 451 g/mol. The molecule has 0 aromatic carbocycles. The van der Waals surface area contributed by atoms with Gasteiger partial charge in [0, 0.05) is 33.2 Å². The first kappa shape index (κ1) is 20.6. The third-order valence-corrected chi connectivity index (χ3v) is 4.15. The van der Waals surface area contributed by atoms with Gasteiger partial charge < -0.3 is 20.5 Å². The van der Waals surface area contributed by atoms with E-state index in [0.29, 0.717) is 18.3 Å². The van der Waals surface area contributed by atoms with Gasteiger partial charge in [-0.05, 0) is 20.8 Å². The van der Waals surface area contributed by atoms with Crippen LogP contribution >= 0.6 is 24.0 Å². The molecule has 0 atom stereocenters. The van der Waals surface area contributed by atoms with Crippen molar-refractivity contribution < 1.29 is 9.32 Å². The van der Waals surface area contributed by atoms with Gasteiger partial charge in [0.25, 0.3) is 0 Å². The molecule has 3 N–H and O–H groups in total. The summed E-state index contributed by atoms with van der Waals surface area (Å²) in [5.74, 6) is 1.61.